The highest BCUT2D eigenvalue weighted by atomic mass is 19.1. The molecule has 0 spiro atoms. The minimum absolute atomic E-state index is 0.0157. The summed E-state index contributed by atoms with van der Waals surface area (Å²) < 4.78 is 18.0. The summed E-state index contributed by atoms with van der Waals surface area (Å²) in [4.78, 5) is 36.4. The van der Waals surface area contributed by atoms with Crippen LogP contribution in [0.25, 0.3) is 0 Å². The lowest BCUT2D eigenvalue weighted by molar-refractivity contribution is -0.156. The highest BCUT2D eigenvalue weighted by Gasteiger charge is 2.26. The van der Waals surface area contributed by atoms with Crippen molar-refractivity contribution in [1.82, 2.24) is 10.0 Å². The molecular formula is C24H27FN2O4. The molecule has 0 aliphatic carbocycles. The van der Waals surface area contributed by atoms with Gasteiger partial charge in [0.05, 0.1) is 12.7 Å². The molecule has 0 atom stereocenters. The molecule has 0 N–H and O–H groups in total. The van der Waals surface area contributed by atoms with Crippen LogP contribution >= 0.6 is 0 Å². The van der Waals surface area contributed by atoms with Gasteiger partial charge in [-0.2, -0.15) is 0 Å². The van der Waals surface area contributed by atoms with Gasteiger partial charge in [0.1, 0.15) is 11.6 Å². The summed E-state index contributed by atoms with van der Waals surface area (Å²) in [6.07, 6.45) is 2.39. The second-order valence-electron chi connectivity index (χ2n) is 7.61. The summed E-state index contributed by atoms with van der Waals surface area (Å²) in [7, 11) is 1.34. The Morgan fingerprint density at radius 3 is 2.55 bits per heavy atom. The first-order chi connectivity index (χ1) is 15.0. The molecule has 164 valence electrons. The number of methoxy groups -OCH3 is 1. The van der Waals surface area contributed by atoms with E-state index in [-0.39, 0.29) is 29.9 Å². The average molecular weight is 426 g/mol. The van der Waals surface area contributed by atoms with Crippen LogP contribution in [0.2, 0.25) is 0 Å². The van der Waals surface area contributed by atoms with Crippen LogP contribution in [-0.4, -0.2) is 54.4 Å². The average Bonchev–Trinajstić information content (AvgIpc) is 2.77. The first-order valence-electron chi connectivity index (χ1n) is 10.4. The Labute approximate surface area is 181 Å². The largest absolute Gasteiger partial charge is 0.465 e. The predicted octanol–water partition coefficient (Wildman–Crippen LogP) is 3.20. The molecule has 1 aliphatic rings. The van der Waals surface area contributed by atoms with E-state index in [2.05, 4.69) is 0 Å². The number of esters is 1. The number of ketones is 1. The smallest absolute Gasteiger partial charge is 0.337 e. The molecule has 0 bridgehead atoms. The fourth-order valence-corrected chi connectivity index (χ4v) is 3.70. The van der Waals surface area contributed by atoms with Crippen molar-refractivity contribution in [3.63, 3.8) is 0 Å². The summed E-state index contributed by atoms with van der Waals surface area (Å²) in [5, 5.41) is 3.67. The van der Waals surface area contributed by atoms with Crippen LogP contribution in [0.1, 0.15) is 40.7 Å². The number of hydrazine groups is 1. The number of Topliss-reactive ketones (excluding diaryl/α,β-unsaturated/α-hetero) is 1. The Kier molecular flexibility index (Phi) is 7.89. The van der Waals surface area contributed by atoms with E-state index < -0.39 is 0 Å². The molecule has 1 heterocycles. The van der Waals surface area contributed by atoms with E-state index in [4.69, 9.17) is 4.74 Å². The van der Waals surface area contributed by atoms with Gasteiger partial charge in [-0.1, -0.05) is 24.3 Å². The molecule has 7 heteroatoms. The maximum absolute atomic E-state index is 13.3. The van der Waals surface area contributed by atoms with Gasteiger partial charge in [-0.25, -0.2) is 14.2 Å². The van der Waals surface area contributed by atoms with Crippen LogP contribution in [0.15, 0.2) is 48.5 Å². The molecule has 0 aromatic heterocycles. The zero-order valence-corrected chi connectivity index (χ0v) is 17.7. The first kappa shape index (κ1) is 22.6. The predicted molar refractivity (Wildman–Crippen MR) is 114 cm³/mol. The van der Waals surface area contributed by atoms with Crippen LogP contribution in [0.5, 0.6) is 0 Å². The van der Waals surface area contributed by atoms with Crippen LogP contribution < -0.4 is 0 Å². The molecule has 0 saturated carbocycles. The van der Waals surface area contributed by atoms with Gasteiger partial charge >= 0.3 is 5.97 Å². The van der Waals surface area contributed by atoms with E-state index in [9.17, 15) is 18.8 Å². The summed E-state index contributed by atoms with van der Waals surface area (Å²) in [5.74, 6) is -0.665. The third kappa shape index (κ3) is 6.46. The fourth-order valence-electron chi connectivity index (χ4n) is 3.70. The van der Waals surface area contributed by atoms with Gasteiger partial charge < -0.3 is 4.74 Å². The molecule has 1 saturated heterocycles. The Bertz CT molecular complexity index is 929. The molecule has 31 heavy (non-hydrogen) atoms. The summed E-state index contributed by atoms with van der Waals surface area (Å²) >= 11 is 0. The minimum Gasteiger partial charge on any atom is -0.465 e. The molecule has 2 aromatic carbocycles. The Morgan fingerprint density at radius 1 is 1.06 bits per heavy atom. The van der Waals surface area contributed by atoms with Crippen molar-refractivity contribution in [2.45, 2.75) is 32.1 Å². The van der Waals surface area contributed by atoms with Crippen molar-refractivity contribution >= 4 is 17.7 Å². The van der Waals surface area contributed by atoms with Gasteiger partial charge in [-0.15, -0.1) is 0 Å². The third-order valence-electron chi connectivity index (χ3n) is 5.36. The highest BCUT2D eigenvalue weighted by molar-refractivity contribution is 5.89. The number of nitrogens with zero attached hydrogens (tertiary/aromatic N) is 2. The monoisotopic (exact) mass is 426 g/mol. The van der Waals surface area contributed by atoms with E-state index in [1.165, 1.54) is 19.2 Å². The van der Waals surface area contributed by atoms with E-state index in [1.807, 2.05) is 17.1 Å². The van der Waals surface area contributed by atoms with E-state index >= 15 is 0 Å². The topological polar surface area (TPSA) is 66.9 Å². The van der Waals surface area contributed by atoms with Crippen molar-refractivity contribution in [2.75, 3.05) is 26.7 Å². The number of hydrogen-bond acceptors (Lipinski definition) is 5. The molecular weight excluding hydrogens is 399 g/mol. The number of benzene rings is 2. The number of ether oxygens (including phenoxy) is 1. The van der Waals surface area contributed by atoms with Crippen molar-refractivity contribution < 1.29 is 23.5 Å². The maximum Gasteiger partial charge on any atom is 0.337 e. The zero-order valence-electron chi connectivity index (χ0n) is 17.7. The Hall–Kier alpha value is -3.06. The lowest BCUT2D eigenvalue weighted by Crippen LogP contribution is -2.51. The van der Waals surface area contributed by atoms with Crippen molar-refractivity contribution in [1.29, 1.82) is 0 Å². The molecule has 2 aromatic rings. The van der Waals surface area contributed by atoms with Crippen LogP contribution in [0.4, 0.5) is 4.39 Å². The molecule has 1 amide bonds. The Balaban J connectivity index is 1.53. The van der Waals surface area contributed by atoms with E-state index in [1.54, 1.807) is 29.3 Å². The number of carbonyl (C=O) groups excluding carboxylic acids is 3. The Morgan fingerprint density at radius 2 is 1.84 bits per heavy atom. The summed E-state index contributed by atoms with van der Waals surface area (Å²) in [5.41, 5.74) is 2.15. The minimum atomic E-state index is -0.383. The second kappa shape index (κ2) is 10.8. The van der Waals surface area contributed by atoms with Crippen LogP contribution in [-0.2, 0) is 27.2 Å². The van der Waals surface area contributed by atoms with Crippen molar-refractivity contribution in [2.24, 2.45) is 0 Å². The number of hydrogen-bond donors (Lipinski definition) is 0. The lowest BCUT2D eigenvalue weighted by atomic mass is 10.1. The molecule has 1 aliphatic heterocycles. The molecule has 0 radical (unpaired) electrons. The standard InChI is InChI=1S/C24H27FN2O4/c1-31-24(30)20-9-7-18(8-10-20)11-15-27-23(29)6-3-13-26(27)14-12-22(28)17-19-4-2-5-21(25)16-19/h2,4-5,7-10,16H,3,6,11-15,17H2,1H3. The van der Waals surface area contributed by atoms with E-state index in [0.717, 1.165) is 18.5 Å². The normalized spacial score (nSPS) is 14.5. The number of rotatable bonds is 9. The molecule has 6 nitrogen and oxygen atoms in total. The SMILES string of the molecule is COC(=O)c1ccc(CCN2C(=O)CCCN2CCC(=O)Cc2cccc(F)c2)cc1. The van der Waals surface area contributed by atoms with Gasteiger partial charge in [0.15, 0.2) is 0 Å². The quantitative estimate of drug-likeness (QED) is 0.576. The first-order valence-corrected chi connectivity index (χ1v) is 10.4. The van der Waals surface area contributed by atoms with E-state index in [0.29, 0.717) is 43.5 Å². The van der Waals surface area contributed by atoms with Crippen LogP contribution in [0.3, 0.4) is 0 Å². The highest BCUT2D eigenvalue weighted by Crippen LogP contribution is 2.16. The van der Waals surface area contributed by atoms with Gasteiger partial charge in [0.2, 0.25) is 5.91 Å². The number of carbonyl (C=O) groups is 3. The second-order valence-corrected chi connectivity index (χ2v) is 7.61. The van der Waals surface area contributed by atoms with Gasteiger partial charge in [0, 0.05) is 38.9 Å². The van der Waals surface area contributed by atoms with Gasteiger partial charge in [-0.3, -0.25) is 14.6 Å². The summed E-state index contributed by atoms with van der Waals surface area (Å²) in [6.45, 7) is 1.69. The van der Waals surface area contributed by atoms with Crippen molar-refractivity contribution in [3.8, 4) is 0 Å². The zero-order chi connectivity index (χ0) is 22.2. The lowest BCUT2D eigenvalue weighted by Gasteiger charge is -2.38. The maximum atomic E-state index is 13.3. The van der Waals surface area contributed by atoms with Gasteiger partial charge in [-0.05, 0) is 48.2 Å². The molecule has 1 fully saturated rings. The molecule has 0 unspecified atom stereocenters. The number of amides is 1. The van der Waals surface area contributed by atoms with Gasteiger partial charge in [0.25, 0.3) is 0 Å². The van der Waals surface area contributed by atoms with Crippen LogP contribution in [0, 0.1) is 5.82 Å². The third-order valence-corrected chi connectivity index (χ3v) is 5.36. The van der Waals surface area contributed by atoms with Crippen molar-refractivity contribution in [3.05, 3.63) is 71.0 Å². The number of halogens is 1. The fraction of sp³-hybridized carbons (Fsp3) is 0.375. The molecule has 3 rings (SSSR count). The summed E-state index contributed by atoms with van der Waals surface area (Å²) in [6, 6.07) is 13.2.